The van der Waals surface area contributed by atoms with Crippen LogP contribution in [0.1, 0.15) is 11.5 Å². The Hall–Kier alpha value is -0.720. The van der Waals surface area contributed by atoms with Crippen LogP contribution in [0.25, 0.3) is 0 Å². The van der Waals surface area contributed by atoms with Crippen molar-refractivity contribution >= 4 is 30.1 Å². The molecular formula is C13H21ClN4OS. The number of carbonyl (C=O) groups excluding carboxylic acids is 1. The number of nitrogens with one attached hydrogen (secondary N) is 1. The Kier molecular flexibility index (Phi) is 5.35. The molecule has 1 aromatic rings. The van der Waals surface area contributed by atoms with Gasteiger partial charge < -0.3 is 10.2 Å². The van der Waals surface area contributed by atoms with Crippen molar-refractivity contribution in [2.45, 2.75) is 5.92 Å². The van der Waals surface area contributed by atoms with Gasteiger partial charge in [-0.2, -0.15) is 16.9 Å². The summed E-state index contributed by atoms with van der Waals surface area (Å²) in [5, 5.41) is 7.59. The molecule has 1 N–H and O–H groups in total. The van der Waals surface area contributed by atoms with Crippen molar-refractivity contribution in [3.8, 4) is 0 Å². The molecule has 2 fully saturated rings. The summed E-state index contributed by atoms with van der Waals surface area (Å²) >= 11 is 1.94. The van der Waals surface area contributed by atoms with Gasteiger partial charge >= 0.3 is 0 Å². The lowest BCUT2D eigenvalue weighted by Gasteiger charge is -2.30. The second kappa shape index (κ2) is 6.83. The third-order valence-electron chi connectivity index (χ3n) is 4.01. The van der Waals surface area contributed by atoms with E-state index in [-0.39, 0.29) is 24.2 Å². The highest BCUT2D eigenvalue weighted by Gasteiger charge is 2.37. The summed E-state index contributed by atoms with van der Waals surface area (Å²) in [6.45, 7) is 3.48. The van der Waals surface area contributed by atoms with Crippen LogP contribution in [0, 0.1) is 5.92 Å². The standard InChI is InChI=1S/C13H20N4OS.ClH/c1-16-9-10(6-15-16)11-7-14-8-12(11)13(18)17-2-4-19-5-3-17;/h6,9,11-12,14H,2-5,7-8H2,1H3;1H/t11-,12+;/m1./s1. The maximum Gasteiger partial charge on any atom is 0.227 e. The second-order valence-electron chi connectivity index (χ2n) is 5.26. The van der Waals surface area contributed by atoms with Crippen molar-refractivity contribution in [1.29, 1.82) is 0 Å². The molecule has 0 bridgehead atoms. The molecule has 2 aliphatic rings. The van der Waals surface area contributed by atoms with Crippen LogP contribution in [-0.2, 0) is 11.8 Å². The molecule has 1 aromatic heterocycles. The second-order valence-corrected chi connectivity index (χ2v) is 6.48. The van der Waals surface area contributed by atoms with Crippen molar-refractivity contribution < 1.29 is 4.79 Å². The number of thioether (sulfide) groups is 1. The van der Waals surface area contributed by atoms with E-state index >= 15 is 0 Å². The van der Waals surface area contributed by atoms with Crippen LogP contribution in [0.5, 0.6) is 0 Å². The van der Waals surface area contributed by atoms with E-state index in [4.69, 9.17) is 0 Å². The molecule has 7 heteroatoms. The number of aromatic nitrogens is 2. The lowest BCUT2D eigenvalue weighted by molar-refractivity contribution is -0.134. The maximum absolute atomic E-state index is 12.6. The third kappa shape index (κ3) is 3.13. The maximum atomic E-state index is 12.6. The molecule has 0 unspecified atom stereocenters. The fourth-order valence-electron chi connectivity index (χ4n) is 2.94. The quantitative estimate of drug-likeness (QED) is 0.873. The monoisotopic (exact) mass is 316 g/mol. The average Bonchev–Trinajstić information content (AvgIpc) is 3.07. The number of nitrogens with zero attached hydrogens (tertiary/aromatic N) is 3. The minimum absolute atomic E-state index is 0. The normalized spacial score (nSPS) is 26.4. The molecule has 3 rings (SSSR count). The minimum atomic E-state index is 0. The first kappa shape index (κ1) is 15.7. The predicted octanol–water partition coefficient (Wildman–Crippen LogP) is 0.720. The van der Waals surface area contributed by atoms with Gasteiger partial charge in [0, 0.05) is 56.8 Å². The number of hydrogen-bond acceptors (Lipinski definition) is 4. The molecule has 3 heterocycles. The number of aryl methyl sites for hydroxylation is 1. The number of halogens is 1. The summed E-state index contributed by atoms with van der Waals surface area (Å²) < 4.78 is 1.81. The molecule has 2 atom stereocenters. The summed E-state index contributed by atoms with van der Waals surface area (Å²) in [6, 6.07) is 0. The van der Waals surface area contributed by atoms with Gasteiger partial charge in [-0.3, -0.25) is 9.48 Å². The van der Waals surface area contributed by atoms with Gasteiger partial charge in [-0.05, 0) is 5.56 Å². The fourth-order valence-corrected chi connectivity index (χ4v) is 3.84. The zero-order valence-corrected chi connectivity index (χ0v) is 13.3. The van der Waals surface area contributed by atoms with Crippen molar-refractivity contribution in [3.63, 3.8) is 0 Å². The summed E-state index contributed by atoms with van der Waals surface area (Å²) in [7, 11) is 1.92. The van der Waals surface area contributed by atoms with E-state index in [2.05, 4.69) is 10.4 Å². The smallest absolute Gasteiger partial charge is 0.227 e. The van der Waals surface area contributed by atoms with Gasteiger partial charge in [-0.15, -0.1) is 12.4 Å². The highest BCUT2D eigenvalue weighted by Crippen LogP contribution is 2.29. The molecule has 2 saturated heterocycles. The van der Waals surface area contributed by atoms with Crippen molar-refractivity contribution in [2.75, 3.05) is 37.7 Å². The zero-order chi connectivity index (χ0) is 13.2. The summed E-state index contributed by atoms with van der Waals surface area (Å²) in [4.78, 5) is 14.7. The summed E-state index contributed by atoms with van der Waals surface area (Å²) in [5.74, 6) is 2.81. The highest BCUT2D eigenvalue weighted by molar-refractivity contribution is 7.99. The van der Waals surface area contributed by atoms with Crippen LogP contribution < -0.4 is 5.32 Å². The van der Waals surface area contributed by atoms with Crippen molar-refractivity contribution in [3.05, 3.63) is 18.0 Å². The summed E-state index contributed by atoms with van der Waals surface area (Å²) in [5.41, 5.74) is 1.18. The van der Waals surface area contributed by atoms with E-state index in [0.29, 0.717) is 5.91 Å². The number of hydrogen-bond donors (Lipinski definition) is 1. The molecule has 5 nitrogen and oxygen atoms in total. The lowest BCUT2D eigenvalue weighted by Crippen LogP contribution is -2.43. The zero-order valence-electron chi connectivity index (χ0n) is 11.6. The van der Waals surface area contributed by atoms with Gasteiger partial charge in [-0.1, -0.05) is 0 Å². The molecule has 0 radical (unpaired) electrons. The van der Waals surface area contributed by atoms with E-state index in [1.165, 1.54) is 5.56 Å². The van der Waals surface area contributed by atoms with E-state index in [9.17, 15) is 4.79 Å². The largest absolute Gasteiger partial charge is 0.341 e. The third-order valence-corrected chi connectivity index (χ3v) is 4.95. The molecule has 112 valence electrons. The SMILES string of the molecule is Cl.Cn1cc([C@H]2CNC[C@@H]2C(=O)N2CCSCC2)cn1. The fraction of sp³-hybridized carbons (Fsp3) is 0.692. The molecular weight excluding hydrogens is 296 g/mol. The predicted molar refractivity (Wildman–Crippen MR) is 83.5 cm³/mol. The van der Waals surface area contributed by atoms with Gasteiger partial charge in [0.15, 0.2) is 0 Å². The van der Waals surface area contributed by atoms with Gasteiger partial charge in [0.1, 0.15) is 0 Å². The Morgan fingerprint density at radius 2 is 2.15 bits per heavy atom. The Bertz CT molecular complexity index is 461. The van der Waals surface area contributed by atoms with Gasteiger partial charge in [0.05, 0.1) is 12.1 Å². The van der Waals surface area contributed by atoms with Gasteiger partial charge in [-0.25, -0.2) is 0 Å². The van der Waals surface area contributed by atoms with E-state index in [1.807, 2.05) is 40.8 Å². The first-order valence-electron chi connectivity index (χ1n) is 6.81. The first-order valence-corrected chi connectivity index (χ1v) is 7.97. The van der Waals surface area contributed by atoms with Crippen LogP contribution >= 0.6 is 24.2 Å². The molecule has 0 saturated carbocycles. The van der Waals surface area contributed by atoms with Crippen LogP contribution in [0.3, 0.4) is 0 Å². The topological polar surface area (TPSA) is 50.2 Å². The van der Waals surface area contributed by atoms with Crippen LogP contribution in [0.4, 0.5) is 0 Å². The van der Waals surface area contributed by atoms with Crippen LogP contribution in [-0.4, -0.2) is 58.3 Å². The molecule has 2 aliphatic heterocycles. The first-order chi connectivity index (χ1) is 9.25. The van der Waals surface area contributed by atoms with Crippen LogP contribution in [0.2, 0.25) is 0 Å². The molecule has 0 aliphatic carbocycles. The number of amides is 1. The Labute approximate surface area is 129 Å². The van der Waals surface area contributed by atoms with Crippen molar-refractivity contribution in [2.24, 2.45) is 13.0 Å². The van der Waals surface area contributed by atoms with Gasteiger partial charge in [0.2, 0.25) is 5.91 Å². The Morgan fingerprint density at radius 3 is 2.80 bits per heavy atom. The molecule has 0 aromatic carbocycles. The van der Waals surface area contributed by atoms with Gasteiger partial charge in [0.25, 0.3) is 0 Å². The van der Waals surface area contributed by atoms with Crippen molar-refractivity contribution in [1.82, 2.24) is 20.0 Å². The molecule has 20 heavy (non-hydrogen) atoms. The van der Waals surface area contributed by atoms with Crippen LogP contribution in [0.15, 0.2) is 12.4 Å². The minimum Gasteiger partial charge on any atom is -0.341 e. The Balaban J connectivity index is 0.00000147. The molecule has 0 spiro atoms. The highest BCUT2D eigenvalue weighted by atomic mass is 35.5. The molecule has 1 amide bonds. The number of rotatable bonds is 2. The van der Waals surface area contributed by atoms with E-state index in [0.717, 1.165) is 37.7 Å². The Morgan fingerprint density at radius 1 is 1.40 bits per heavy atom. The lowest BCUT2D eigenvalue weighted by atomic mass is 9.90. The summed E-state index contributed by atoms with van der Waals surface area (Å²) in [6.07, 6.45) is 3.92. The number of carbonyl (C=O) groups is 1. The average molecular weight is 317 g/mol. The van der Waals surface area contributed by atoms with E-state index < -0.39 is 0 Å². The van der Waals surface area contributed by atoms with E-state index in [1.54, 1.807) is 0 Å².